The molecule has 1 aliphatic rings. The van der Waals surface area contributed by atoms with Crippen LogP contribution in [-0.4, -0.2) is 37.8 Å². The first kappa shape index (κ1) is 14.0. The van der Waals surface area contributed by atoms with E-state index in [1.54, 1.807) is 11.3 Å². The Hall–Kier alpha value is -0.420. The van der Waals surface area contributed by atoms with Gasteiger partial charge in [-0.2, -0.15) is 0 Å². The van der Waals surface area contributed by atoms with Crippen LogP contribution in [0.1, 0.15) is 29.7 Å². The van der Waals surface area contributed by atoms with Crippen LogP contribution in [0.4, 0.5) is 0 Å². The molecule has 1 aromatic rings. The summed E-state index contributed by atoms with van der Waals surface area (Å²) in [6.07, 6.45) is 4.15. The minimum absolute atomic E-state index is 0.655. The van der Waals surface area contributed by atoms with Gasteiger partial charge in [-0.1, -0.05) is 6.42 Å². The number of nitrogens with zero attached hydrogens (tertiary/aromatic N) is 1. The zero-order valence-corrected chi connectivity index (χ0v) is 12.1. The van der Waals surface area contributed by atoms with Gasteiger partial charge in [-0.3, -0.25) is 5.32 Å². The van der Waals surface area contributed by atoms with Gasteiger partial charge in [0, 0.05) is 18.0 Å². The lowest BCUT2D eigenvalue weighted by molar-refractivity contribution is 0.100. The van der Waals surface area contributed by atoms with Gasteiger partial charge in [0.15, 0.2) is 0 Å². The second-order valence-corrected chi connectivity index (χ2v) is 6.08. The van der Waals surface area contributed by atoms with Gasteiger partial charge in [-0.05, 0) is 49.9 Å². The summed E-state index contributed by atoms with van der Waals surface area (Å²) in [6, 6.07) is 2.19. The van der Waals surface area contributed by atoms with Gasteiger partial charge in [-0.15, -0.1) is 11.3 Å². The zero-order chi connectivity index (χ0) is 12.6. The molecular formula is C14H24N2OS. The highest BCUT2D eigenvalue weighted by Crippen LogP contribution is 2.13. The first-order chi connectivity index (χ1) is 8.84. The summed E-state index contributed by atoms with van der Waals surface area (Å²) in [7, 11) is 0. The van der Waals surface area contributed by atoms with Crippen molar-refractivity contribution in [3.63, 3.8) is 0 Å². The molecule has 18 heavy (non-hydrogen) atoms. The topological polar surface area (TPSA) is 24.5 Å². The van der Waals surface area contributed by atoms with Crippen molar-refractivity contribution < 1.29 is 4.74 Å². The molecule has 1 N–H and O–H groups in total. The van der Waals surface area contributed by atoms with Crippen LogP contribution in [0.15, 0.2) is 11.4 Å². The van der Waals surface area contributed by atoms with Crippen LogP contribution in [0.3, 0.4) is 0 Å². The maximum atomic E-state index is 5.60. The van der Waals surface area contributed by atoms with Crippen LogP contribution in [0, 0.1) is 6.92 Å². The van der Waals surface area contributed by atoms with E-state index in [0.717, 1.165) is 19.7 Å². The minimum atomic E-state index is 0.655. The first-order valence-corrected chi connectivity index (χ1v) is 7.77. The van der Waals surface area contributed by atoms with E-state index in [2.05, 4.69) is 28.6 Å². The lowest BCUT2D eigenvalue weighted by atomic mass is 10.1. The number of piperidine rings is 1. The van der Waals surface area contributed by atoms with Crippen molar-refractivity contribution in [2.75, 3.05) is 32.9 Å². The Labute approximate surface area is 114 Å². The van der Waals surface area contributed by atoms with Crippen LogP contribution in [0.2, 0.25) is 0 Å². The number of hydrogen-bond donors (Lipinski definition) is 1. The molecule has 0 radical (unpaired) electrons. The summed E-state index contributed by atoms with van der Waals surface area (Å²) in [5.41, 5.74) is 1.29. The predicted octanol–water partition coefficient (Wildman–Crippen LogP) is 2.61. The number of hydrogen-bond acceptors (Lipinski definition) is 4. The minimum Gasteiger partial charge on any atom is -0.362 e. The Morgan fingerprint density at radius 2 is 2.17 bits per heavy atom. The molecule has 1 aromatic heterocycles. The summed E-state index contributed by atoms with van der Waals surface area (Å²) in [5, 5.41) is 5.52. The average Bonchev–Trinajstić information content (AvgIpc) is 2.81. The second kappa shape index (κ2) is 7.89. The molecule has 0 spiro atoms. The predicted molar refractivity (Wildman–Crippen MR) is 77.0 cm³/mol. The largest absolute Gasteiger partial charge is 0.362 e. The number of aryl methyl sites for hydroxylation is 1. The van der Waals surface area contributed by atoms with Gasteiger partial charge < -0.3 is 9.64 Å². The van der Waals surface area contributed by atoms with Crippen LogP contribution < -0.4 is 5.32 Å². The number of rotatable bonds is 7. The van der Waals surface area contributed by atoms with Gasteiger partial charge >= 0.3 is 0 Å². The molecule has 3 nitrogen and oxygen atoms in total. The lowest BCUT2D eigenvalue weighted by Gasteiger charge is -2.26. The highest BCUT2D eigenvalue weighted by atomic mass is 32.1. The van der Waals surface area contributed by atoms with Crippen LogP contribution in [0.25, 0.3) is 0 Å². The van der Waals surface area contributed by atoms with Crippen molar-refractivity contribution in [2.24, 2.45) is 0 Å². The molecular weight excluding hydrogens is 244 g/mol. The van der Waals surface area contributed by atoms with E-state index >= 15 is 0 Å². The highest BCUT2D eigenvalue weighted by Gasteiger charge is 2.08. The first-order valence-electron chi connectivity index (χ1n) is 6.89. The molecule has 0 amide bonds. The molecule has 0 atom stereocenters. The normalized spacial score (nSPS) is 17.2. The van der Waals surface area contributed by atoms with E-state index in [-0.39, 0.29) is 0 Å². The van der Waals surface area contributed by atoms with Crippen molar-refractivity contribution >= 4 is 11.3 Å². The summed E-state index contributed by atoms with van der Waals surface area (Å²) in [4.78, 5) is 3.89. The quantitative estimate of drug-likeness (QED) is 0.608. The Bertz CT molecular complexity index is 334. The third-order valence-corrected chi connectivity index (χ3v) is 4.22. The van der Waals surface area contributed by atoms with E-state index < -0.39 is 0 Å². The molecule has 0 unspecified atom stereocenters. The summed E-state index contributed by atoms with van der Waals surface area (Å²) in [5.74, 6) is 0. The SMILES string of the molecule is Cc1cc(COCNCCN2CCCCC2)cs1. The van der Waals surface area contributed by atoms with Crippen molar-refractivity contribution in [1.29, 1.82) is 0 Å². The van der Waals surface area contributed by atoms with E-state index in [9.17, 15) is 0 Å². The zero-order valence-electron chi connectivity index (χ0n) is 11.3. The monoisotopic (exact) mass is 268 g/mol. The molecule has 2 rings (SSSR count). The molecule has 2 heterocycles. The molecule has 102 valence electrons. The number of nitrogens with one attached hydrogen (secondary N) is 1. The molecule has 0 bridgehead atoms. The second-order valence-electron chi connectivity index (χ2n) is 4.96. The number of thiophene rings is 1. The molecule has 1 fully saturated rings. The fourth-order valence-corrected chi connectivity index (χ4v) is 3.00. The van der Waals surface area contributed by atoms with Crippen molar-refractivity contribution in [1.82, 2.24) is 10.2 Å². The standard InChI is InChI=1S/C14H24N2OS/c1-13-9-14(11-18-13)10-17-12-15-5-8-16-6-3-2-4-7-16/h9,11,15H,2-8,10,12H2,1H3. The van der Waals surface area contributed by atoms with E-state index in [1.165, 1.54) is 42.8 Å². The maximum absolute atomic E-state index is 5.60. The number of ether oxygens (including phenoxy) is 1. The Balaban J connectivity index is 1.46. The fraction of sp³-hybridized carbons (Fsp3) is 0.714. The fourth-order valence-electron chi connectivity index (χ4n) is 2.31. The summed E-state index contributed by atoms with van der Waals surface area (Å²) < 4.78 is 5.60. The van der Waals surface area contributed by atoms with Gasteiger partial charge in [0.1, 0.15) is 0 Å². The molecule has 4 heteroatoms. The smallest absolute Gasteiger partial charge is 0.0970 e. The molecule has 1 saturated heterocycles. The molecule has 0 aromatic carbocycles. The van der Waals surface area contributed by atoms with Crippen molar-refractivity contribution in [2.45, 2.75) is 32.8 Å². The Morgan fingerprint density at radius 1 is 1.33 bits per heavy atom. The van der Waals surface area contributed by atoms with E-state index in [1.807, 2.05) is 0 Å². The van der Waals surface area contributed by atoms with Crippen molar-refractivity contribution in [3.8, 4) is 0 Å². The molecule has 0 saturated carbocycles. The highest BCUT2D eigenvalue weighted by molar-refractivity contribution is 7.10. The maximum Gasteiger partial charge on any atom is 0.0970 e. The lowest BCUT2D eigenvalue weighted by Crippen LogP contribution is -2.36. The Morgan fingerprint density at radius 3 is 2.89 bits per heavy atom. The van der Waals surface area contributed by atoms with Gasteiger partial charge in [0.05, 0.1) is 13.3 Å². The number of likely N-dealkylation sites (tertiary alicyclic amines) is 1. The van der Waals surface area contributed by atoms with Gasteiger partial charge in [0.25, 0.3) is 0 Å². The van der Waals surface area contributed by atoms with Crippen LogP contribution in [-0.2, 0) is 11.3 Å². The molecule has 0 aliphatic carbocycles. The molecule has 1 aliphatic heterocycles. The van der Waals surface area contributed by atoms with Gasteiger partial charge in [0.2, 0.25) is 0 Å². The van der Waals surface area contributed by atoms with Crippen LogP contribution >= 0.6 is 11.3 Å². The van der Waals surface area contributed by atoms with Gasteiger partial charge in [-0.25, -0.2) is 0 Å². The third-order valence-electron chi connectivity index (χ3n) is 3.31. The third kappa shape index (κ3) is 5.06. The van der Waals surface area contributed by atoms with E-state index in [0.29, 0.717) is 6.73 Å². The van der Waals surface area contributed by atoms with Crippen LogP contribution in [0.5, 0.6) is 0 Å². The van der Waals surface area contributed by atoms with E-state index in [4.69, 9.17) is 4.74 Å². The summed E-state index contributed by atoms with van der Waals surface area (Å²) >= 11 is 1.78. The van der Waals surface area contributed by atoms with Crippen molar-refractivity contribution in [3.05, 3.63) is 21.9 Å². The Kier molecular flexibility index (Phi) is 6.14. The summed E-state index contributed by atoms with van der Waals surface area (Å²) in [6.45, 7) is 8.24. The average molecular weight is 268 g/mol.